The van der Waals surface area contributed by atoms with E-state index < -0.39 is 5.91 Å². The van der Waals surface area contributed by atoms with Crippen LogP contribution in [0.5, 0.6) is 0 Å². The summed E-state index contributed by atoms with van der Waals surface area (Å²) in [6, 6.07) is 0. The lowest BCUT2D eigenvalue weighted by molar-refractivity contribution is -0.113. The van der Waals surface area contributed by atoms with E-state index >= 15 is 0 Å². The fourth-order valence-corrected chi connectivity index (χ4v) is 0.934. The average Bonchev–Trinajstić information content (AvgIpc) is 2.25. The molecule has 0 spiro atoms. The minimum Gasteiger partial charge on any atom is -0.366 e. The predicted molar refractivity (Wildman–Crippen MR) is 69.8 cm³/mol. The zero-order valence-electron chi connectivity index (χ0n) is 9.67. The van der Waals surface area contributed by atoms with Crippen LogP contribution in [0.2, 0.25) is 0 Å². The lowest BCUT2D eigenvalue weighted by Crippen LogP contribution is -2.05. The average molecular weight is 217 g/mol. The molecular formula is C14H19NO. The molecule has 2 N–H and O–H groups in total. The van der Waals surface area contributed by atoms with Crippen molar-refractivity contribution in [3.63, 3.8) is 0 Å². The van der Waals surface area contributed by atoms with E-state index in [0.29, 0.717) is 0 Å². The maximum atomic E-state index is 10.4. The molecule has 2 nitrogen and oxygen atoms in total. The number of unbranched alkanes of at least 4 members (excludes halogenated alkanes) is 1. The van der Waals surface area contributed by atoms with Crippen molar-refractivity contribution in [1.29, 1.82) is 0 Å². The molecule has 0 fully saturated rings. The molecule has 0 unspecified atom stereocenters. The number of hydrogen-bond donors (Lipinski definition) is 1. The Morgan fingerprint density at radius 1 is 0.938 bits per heavy atom. The first-order valence-corrected chi connectivity index (χ1v) is 5.34. The van der Waals surface area contributed by atoms with Crippen LogP contribution in [-0.4, -0.2) is 5.91 Å². The van der Waals surface area contributed by atoms with Gasteiger partial charge in [-0.15, -0.1) is 0 Å². The molecular weight excluding hydrogens is 198 g/mol. The van der Waals surface area contributed by atoms with Gasteiger partial charge < -0.3 is 5.73 Å². The summed E-state index contributed by atoms with van der Waals surface area (Å²) in [6.45, 7) is 1.98. The fourth-order valence-electron chi connectivity index (χ4n) is 0.934. The van der Waals surface area contributed by atoms with Crippen LogP contribution in [0.25, 0.3) is 0 Å². The minimum atomic E-state index is -0.391. The van der Waals surface area contributed by atoms with Crippen molar-refractivity contribution in [3.05, 3.63) is 60.8 Å². The third-order valence-electron chi connectivity index (χ3n) is 1.67. The van der Waals surface area contributed by atoms with Gasteiger partial charge in [0.1, 0.15) is 0 Å². The van der Waals surface area contributed by atoms with E-state index in [2.05, 4.69) is 0 Å². The zero-order valence-corrected chi connectivity index (χ0v) is 9.67. The van der Waals surface area contributed by atoms with Crippen LogP contribution >= 0.6 is 0 Å². The summed E-state index contributed by atoms with van der Waals surface area (Å²) < 4.78 is 0. The Morgan fingerprint density at radius 3 is 2.12 bits per heavy atom. The van der Waals surface area contributed by atoms with Crippen molar-refractivity contribution >= 4 is 5.91 Å². The molecule has 16 heavy (non-hydrogen) atoms. The topological polar surface area (TPSA) is 43.1 Å². The smallest absolute Gasteiger partial charge is 0.241 e. The van der Waals surface area contributed by atoms with Gasteiger partial charge in [0.15, 0.2) is 0 Å². The van der Waals surface area contributed by atoms with Crippen molar-refractivity contribution in [2.45, 2.75) is 19.8 Å². The van der Waals surface area contributed by atoms with Crippen molar-refractivity contribution < 1.29 is 4.79 Å². The van der Waals surface area contributed by atoms with Crippen molar-refractivity contribution in [1.82, 2.24) is 0 Å². The van der Waals surface area contributed by atoms with Crippen LogP contribution in [0.3, 0.4) is 0 Å². The minimum absolute atomic E-state index is 0.391. The summed E-state index contributed by atoms with van der Waals surface area (Å²) in [5.41, 5.74) is 4.94. The van der Waals surface area contributed by atoms with E-state index in [9.17, 15) is 4.79 Å². The molecule has 1 amide bonds. The van der Waals surface area contributed by atoms with E-state index in [1.165, 1.54) is 6.08 Å². The lowest BCUT2D eigenvalue weighted by Gasteiger charge is -1.84. The standard InChI is InChI=1S/C14H19NO/c1-2-3-4-5-6-7-8-9-10-11-12-13-14(15)16/h2-9,12-13H,10-11H2,1H3,(H2,15,16). The molecule has 0 saturated carbocycles. The second-order valence-electron chi connectivity index (χ2n) is 3.11. The second-order valence-corrected chi connectivity index (χ2v) is 3.11. The summed E-state index contributed by atoms with van der Waals surface area (Å²) in [6.07, 6.45) is 20.8. The molecule has 0 aromatic carbocycles. The summed E-state index contributed by atoms with van der Waals surface area (Å²) in [4.78, 5) is 10.4. The number of rotatable bonds is 7. The van der Waals surface area contributed by atoms with E-state index in [1.807, 2.05) is 55.5 Å². The van der Waals surface area contributed by atoms with Gasteiger partial charge in [0, 0.05) is 0 Å². The van der Waals surface area contributed by atoms with E-state index in [1.54, 1.807) is 6.08 Å². The Bertz CT molecular complexity index is 320. The maximum Gasteiger partial charge on any atom is 0.241 e. The second kappa shape index (κ2) is 11.2. The highest BCUT2D eigenvalue weighted by Crippen LogP contribution is 1.93. The van der Waals surface area contributed by atoms with Gasteiger partial charge in [0.2, 0.25) is 5.91 Å². The lowest BCUT2D eigenvalue weighted by atomic mass is 10.2. The number of nitrogens with two attached hydrogens (primary N) is 1. The molecule has 0 heterocycles. The van der Waals surface area contributed by atoms with Crippen molar-refractivity contribution in [2.24, 2.45) is 5.73 Å². The molecule has 0 rings (SSSR count). The summed E-state index contributed by atoms with van der Waals surface area (Å²) in [5.74, 6) is -0.391. The van der Waals surface area contributed by atoms with Gasteiger partial charge in [-0.3, -0.25) is 4.79 Å². The van der Waals surface area contributed by atoms with Crippen LogP contribution in [0.15, 0.2) is 60.8 Å². The molecule has 0 aliphatic heterocycles. The molecule has 0 radical (unpaired) electrons. The first kappa shape index (κ1) is 14.2. The number of carbonyl (C=O) groups is 1. The number of carbonyl (C=O) groups excluding carboxylic acids is 1. The van der Waals surface area contributed by atoms with Crippen LogP contribution in [-0.2, 0) is 4.79 Å². The number of primary amides is 1. The summed E-state index contributed by atoms with van der Waals surface area (Å²) in [7, 11) is 0. The Hall–Kier alpha value is -1.83. The van der Waals surface area contributed by atoms with Gasteiger partial charge in [0.25, 0.3) is 0 Å². The first-order chi connectivity index (χ1) is 7.77. The quantitative estimate of drug-likeness (QED) is 0.397. The first-order valence-electron chi connectivity index (χ1n) is 5.34. The molecule has 0 aliphatic carbocycles. The maximum absolute atomic E-state index is 10.4. The summed E-state index contributed by atoms with van der Waals surface area (Å²) in [5, 5.41) is 0. The van der Waals surface area contributed by atoms with E-state index in [0.717, 1.165) is 12.8 Å². The van der Waals surface area contributed by atoms with Crippen molar-refractivity contribution in [2.75, 3.05) is 0 Å². The van der Waals surface area contributed by atoms with Gasteiger partial charge >= 0.3 is 0 Å². The predicted octanol–water partition coefficient (Wildman–Crippen LogP) is 3.05. The van der Waals surface area contributed by atoms with E-state index in [-0.39, 0.29) is 0 Å². The van der Waals surface area contributed by atoms with Gasteiger partial charge in [-0.05, 0) is 25.8 Å². The highest BCUT2D eigenvalue weighted by Gasteiger charge is 1.80. The van der Waals surface area contributed by atoms with Gasteiger partial charge in [-0.25, -0.2) is 0 Å². The van der Waals surface area contributed by atoms with Crippen LogP contribution in [0.4, 0.5) is 0 Å². The van der Waals surface area contributed by atoms with Gasteiger partial charge in [-0.1, -0.05) is 54.7 Å². The molecule has 0 saturated heterocycles. The molecule has 86 valence electrons. The van der Waals surface area contributed by atoms with Crippen LogP contribution in [0, 0.1) is 0 Å². The Morgan fingerprint density at radius 2 is 1.50 bits per heavy atom. The number of amides is 1. The highest BCUT2D eigenvalue weighted by molar-refractivity contribution is 5.85. The third-order valence-corrected chi connectivity index (χ3v) is 1.67. The Labute approximate surface area is 97.5 Å². The molecule has 2 heteroatoms. The normalized spacial score (nSPS) is 13.1. The third kappa shape index (κ3) is 12.2. The largest absolute Gasteiger partial charge is 0.366 e. The van der Waals surface area contributed by atoms with Gasteiger partial charge in [0.05, 0.1) is 0 Å². The Balaban J connectivity index is 3.58. The number of allylic oxidation sites excluding steroid dienone is 9. The fraction of sp³-hybridized carbons (Fsp3) is 0.214. The number of hydrogen-bond acceptors (Lipinski definition) is 1. The van der Waals surface area contributed by atoms with Crippen LogP contribution in [0.1, 0.15) is 19.8 Å². The van der Waals surface area contributed by atoms with Gasteiger partial charge in [-0.2, -0.15) is 0 Å². The summed E-state index contributed by atoms with van der Waals surface area (Å²) >= 11 is 0. The SMILES string of the molecule is CC=CC=CC=CC=CCCC=CC(N)=O. The molecule has 0 bridgehead atoms. The monoisotopic (exact) mass is 217 g/mol. The zero-order chi connectivity index (χ0) is 12.1. The van der Waals surface area contributed by atoms with Crippen LogP contribution < -0.4 is 5.73 Å². The molecule has 0 aromatic rings. The molecule has 0 aromatic heterocycles. The van der Waals surface area contributed by atoms with Crippen molar-refractivity contribution in [3.8, 4) is 0 Å². The highest BCUT2D eigenvalue weighted by atomic mass is 16.1. The Kier molecular flexibility index (Phi) is 9.96. The molecule has 0 aliphatic rings. The molecule has 0 atom stereocenters. The van der Waals surface area contributed by atoms with E-state index in [4.69, 9.17) is 5.73 Å².